The van der Waals surface area contributed by atoms with Gasteiger partial charge in [0.25, 0.3) is 0 Å². The van der Waals surface area contributed by atoms with E-state index in [1.165, 1.54) is 16.8 Å². The summed E-state index contributed by atoms with van der Waals surface area (Å²) in [7, 11) is 0. The molecule has 0 fully saturated rings. The van der Waals surface area contributed by atoms with E-state index in [9.17, 15) is 0 Å². The first-order valence-corrected chi connectivity index (χ1v) is 9.72. The predicted molar refractivity (Wildman–Crippen MR) is 111 cm³/mol. The van der Waals surface area contributed by atoms with Crippen LogP contribution >= 0.6 is 11.3 Å². The predicted octanol–water partition coefficient (Wildman–Crippen LogP) is 5.49. The lowest BCUT2D eigenvalue weighted by atomic mass is 9.93. The zero-order valence-electron chi connectivity index (χ0n) is 15.4. The Hall–Kier alpha value is -2.43. The first-order chi connectivity index (χ1) is 12.5. The highest BCUT2D eigenvalue weighted by Gasteiger charge is 2.23. The SMILES string of the molecule is CC(C)(C)c1csc2nc(-c3ccc(-c4ccccc4)cc3)c(CN)n12. The molecule has 2 aromatic heterocycles. The van der Waals surface area contributed by atoms with Crippen molar-refractivity contribution in [3.05, 3.63) is 71.4 Å². The zero-order chi connectivity index (χ0) is 18.3. The van der Waals surface area contributed by atoms with Gasteiger partial charge in [0.05, 0.1) is 11.4 Å². The second kappa shape index (κ2) is 6.38. The van der Waals surface area contributed by atoms with Crippen molar-refractivity contribution in [1.29, 1.82) is 0 Å². The Morgan fingerprint density at radius 3 is 2.15 bits per heavy atom. The van der Waals surface area contributed by atoms with E-state index in [-0.39, 0.29) is 5.41 Å². The number of nitrogens with two attached hydrogens (primary N) is 1. The highest BCUT2D eigenvalue weighted by atomic mass is 32.1. The van der Waals surface area contributed by atoms with Crippen molar-refractivity contribution in [2.75, 3.05) is 0 Å². The van der Waals surface area contributed by atoms with Crippen molar-refractivity contribution in [3.63, 3.8) is 0 Å². The third-order valence-electron chi connectivity index (χ3n) is 4.69. The number of fused-ring (bicyclic) bond motifs is 1. The van der Waals surface area contributed by atoms with Crippen molar-refractivity contribution in [1.82, 2.24) is 9.38 Å². The Morgan fingerprint density at radius 1 is 0.923 bits per heavy atom. The van der Waals surface area contributed by atoms with Crippen LogP contribution in [0.25, 0.3) is 27.3 Å². The molecule has 0 radical (unpaired) electrons. The molecule has 26 heavy (non-hydrogen) atoms. The van der Waals surface area contributed by atoms with Gasteiger partial charge in [-0.2, -0.15) is 0 Å². The van der Waals surface area contributed by atoms with Crippen molar-refractivity contribution < 1.29 is 0 Å². The standard InChI is InChI=1S/C22H23N3S/c1-22(2,3)19-14-26-21-24-20(18(13-23)25(19)21)17-11-9-16(10-12-17)15-7-5-4-6-8-15/h4-12,14H,13,23H2,1-3H3. The van der Waals surface area contributed by atoms with Gasteiger partial charge in [0.2, 0.25) is 0 Å². The maximum atomic E-state index is 6.13. The summed E-state index contributed by atoms with van der Waals surface area (Å²) in [6.45, 7) is 7.14. The van der Waals surface area contributed by atoms with E-state index in [4.69, 9.17) is 10.7 Å². The summed E-state index contributed by atoms with van der Waals surface area (Å²) in [5.41, 5.74) is 13.1. The van der Waals surface area contributed by atoms with Gasteiger partial charge in [0, 0.05) is 28.6 Å². The van der Waals surface area contributed by atoms with Crippen LogP contribution in [0.3, 0.4) is 0 Å². The van der Waals surface area contributed by atoms with Crippen molar-refractivity contribution in [2.45, 2.75) is 32.7 Å². The van der Waals surface area contributed by atoms with Gasteiger partial charge in [-0.15, -0.1) is 11.3 Å². The summed E-state index contributed by atoms with van der Waals surface area (Å²) >= 11 is 1.68. The fraction of sp³-hybridized carbons (Fsp3) is 0.227. The molecule has 0 unspecified atom stereocenters. The van der Waals surface area contributed by atoms with Crippen LogP contribution in [0.1, 0.15) is 32.2 Å². The van der Waals surface area contributed by atoms with Gasteiger partial charge in [-0.05, 0) is 11.1 Å². The summed E-state index contributed by atoms with van der Waals surface area (Å²) in [5.74, 6) is 0. The Kier molecular flexibility index (Phi) is 4.17. The molecule has 0 bridgehead atoms. The van der Waals surface area contributed by atoms with Crippen LogP contribution in [-0.4, -0.2) is 9.38 Å². The third-order valence-corrected chi connectivity index (χ3v) is 5.51. The molecule has 0 amide bonds. The molecule has 0 aliphatic carbocycles. The number of hydrogen-bond acceptors (Lipinski definition) is 3. The number of hydrogen-bond donors (Lipinski definition) is 1. The fourth-order valence-corrected chi connectivity index (χ4v) is 4.44. The van der Waals surface area contributed by atoms with E-state index in [1.807, 2.05) is 6.07 Å². The smallest absolute Gasteiger partial charge is 0.194 e. The van der Waals surface area contributed by atoms with Gasteiger partial charge in [0.15, 0.2) is 4.96 Å². The number of aromatic nitrogens is 2. The Morgan fingerprint density at radius 2 is 1.54 bits per heavy atom. The minimum atomic E-state index is 0.0529. The van der Waals surface area contributed by atoms with Gasteiger partial charge in [0.1, 0.15) is 0 Å². The van der Waals surface area contributed by atoms with Gasteiger partial charge in [-0.3, -0.25) is 4.40 Å². The van der Waals surface area contributed by atoms with Crippen LogP contribution in [0, 0.1) is 0 Å². The van der Waals surface area contributed by atoms with Crippen LogP contribution in [-0.2, 0) is 12.0 Å². The molecule has 4 heteroatoms. The van der Waals surface area contributed by atoms with E-state index in [0.29, 0.717) is 6.54 Å². The molecule has 2 N–H and O–H groups in total. The van der Waals surface area contributed by atoms with E-state index in [0.717, 1.165) is 21.9 Å². The minimum Gasteiger partial charge on any atom is -0.325 e. The van der Waals surface area contributed by atoms with Gasteiger partial charge in [-0.1, -0.05) is 75.4 Å². The topological polar surface area (TPSA) is 43.3 Å². The monoisotopic (exact) mass is 361 g/mol. The fourth-order valence-electron chi connectivity index (χ4n) is 3.30. The highest BCUT2D eigenvalue weighted by Crippen LogP contribution is 2.34. The lowest BCUT2D eigenvalue weighted by molar-refractivity contribution is 0.561. The highest BCUT2D eigenvalue weighted by molar-refractivity contribution is 7.15. The van der Waals surface area contributed by atoms with Gasteiger partial charge in [-0.25, -0.2) is 4.98 Å². The molecular weight excluding hydrogens is 338 g/mol. The molecule has 3 nitrogen and oxygen atoms in total. The average Bonchev–Trinajstić information content (AvgIpc) is 3.21. The maximum Gasteiger partial charge on any atom is 0.194 e. The lowest BCUT2D eigenvalue weighted by Gasteiger charge is -2.18. The van der Waals surface area contributed by atoms with Crippen LogP contribution in [0.2, 0.25) is 0 Å². The Balaban J connectivity index is 1.81. The average molecular weight is 362 g/mol. The summed E-state index contributed by atoms with van der Waals surface area (Å²) in [6.07, 6.45) is 0. The van der Waals surface area contributed by atoms with Crippen LogP contribution < -0.4 is 5.73 Å². The van der Waals surface area contributed by atoms with Crippen LogP contribution in [0.5, 0.6) is 0 Å². The Bertz CT molecular complexity index is 1030. The van der Waals surface area contributed by atoms with E-state index < -0.39 is 0 Å². The first kappa shape index (κ1) is 17.0. The summed E-state index contributed by atoms with van der Waals surface area (Å²) in [5, 5.41) is 2.20. The first-order valence-electron chi connectivity index (χ1n) is 8.84. The quantitative estimate of drug-likeness (QED) is 0.524. The van der Waals surface area contributed by atoms with Crippen LogP contribution in [0.15, 0.2) is 60.0 Å². The zero-order valence-corrected chi connectivity index (χ0v) is 16.2. The number of imidazole rings is 1. The van der Waals surface area contributed by atoms with E-state index in [1.54, 1.807) is 11.3 Å². The molecule has 2 heterocycles. The third kappa shape index (κ3) is 2.85. The molecule has 2 aromatic carbocycles. The molecule has 132 valence electrons. The van der Waals surface area contributed by atoms with Crippen molar-refractivity contribution in [3.8, 4) is 22.4 Å². The molecule has 0 saturated heterocycles. The minimum absolute atomic E-state index is 0.0529. The van der Waals surface area contributed by atoms with Gasteiger partial charge >= 0.3 is 0 Å². The van der Waals surface area contributed by atoms with E-state index >= 15 is 0 Å². The molecule has 4 rings (SSSR count). The molecule has 0 saturated carbocycles. The second-order valence-electron chi connectivity index (χ2n) is 7.54. The number of nitrogens with zero attached hydrogens (tertiary/aromatic N) is 2. The molecule has 0 aliphatic rings. The lowest BCUT2D eigenvalue weighted by Crippen LogP contribution is -2.16. The number of benzene rings is 2. The molecular formula is C22H23N3S. The largest absolute Gasteiger partial charge is 0.325 e. The normalized spacial score (nSPS) is 12.0. The molecule has 0 aliphatic heterocycles. The summed E-state index contributed by atoms with van der Waals surface area (Å²) in [4.78, 5) is 5.90. The van der Waals surface area contributed by atoms with Crippen molar-refractivity contribution in [2.24, 2.45) is 5.73 Å². The van der Waals surface area contributed by atoms with Crippen LogP contribution in [0.4, 0.5) is 0 Å². The number of thiazole rings is 1. The maximum absolute atomic E-state index is 6.13. The Labute approximate surface area is 158 Å². The summed E-state index contributed by atoms with van der Waals surface area (Å²) < 4.78 is 2.24. The second-order valence-corrected chi connectivity index (χ2v) is 8.38. The summed E-state index contributed by atoms with van der Waals surface area (Å²) in [6, 6.07) is 19.0. The molecule has 0 atom stereocenters. The molecule has 4 aromatic rings. The van der Waals surface area contributed by atoms with E-state index in [2.05, 4.69) is 79.1 Å². The van der Waals surface area contributed by atoms with Gasteiger partial charge < -0.3 is 5.73 Å². The molecule has 0 spiro atoms. The van der Waals surface area contributed by atoms with Crippen molar-refractivity contribution >= 4 is 16.3 Å². The number of rotatable bonds is 3.